The van der Waals surface area contributed by atoms with Crippen LogP contribution in [0.5, 0.6) is 0 Å². The van der Waals surface area contributed by atoms with E-state index >= 15 is 0 Å². The molecule has 0 aliphatic carbocycles. The van der Waals surface area contributed by atoms with E-state index in [2.05, 4.69) is 10.3 Å². The number of nitrogens with zero attached hydrogens (tertiary/aromatic N) is 2. The van der Waals surface area contributed by atoms with Crippen molar-refractivity contribution in [1.29, 1.82) is 0 Å². The average Bonchev–Trinajstić information content (AvgIpc) is 2.57. The molecule has 3 rings (SSSR count). The summed E-state index contributed by atoms with van der Waals surface area (Å²) in [4.78, 5) is 30.3. The SMILES string of the molecule is O=C1NC(=S)N(c2ccc(Cl)cc2)C(=O)[C@@H]1C=Nc1ccc(Cl)cc1. The van der Waals surface area contributed by atoms with Gasteiger partial charge in [-0.1, -0.05) is 23.2 Å². The second kappa shape index (κ2) is 7.31. The first kappa shape index (κ1) is 17.5. The van der Waals surface area contributed by atoms with E-state index in [0.29, 0.717) is 21.4 Å². The zero-order valence-electron chi connectivity index (χ0n) is 12.6. The zero-order valence-corrected chi connectivity index (χ0v) is 15.0. The van der Waals surface area contributed by atoms with Gasteiger partial charge < -0.3 is 5.32 Å². The lowest BCUT2D eigenvalue weighted by molar-refractivity contribution is -0.130. The molecule has 1 aliphatic heterocycles. The van der Waals surface area contributed by atoms with Crippen LogP contribution in [0, 0.1) is 5.92 Å². The molecular weight excluding hydrogens is 381 g/mol. The maximum absolute atomic E-state index is 12.7. The molecule has 0 aromatic heterocycles. The largest absolute Gasteiger partial charge is 0.301 e. The Hall–Kier alpha value is -2.28. The lowest BCUT2D eigenvalue weighted by atomic mass is 10.1. The summed E-state index contributed by atoms with van der Waals surface area (Å²) < 4.78 is 0. The number of thiocarbonyl (C=S) groups is 1. The van der Waals surface area contributed by atoms with E-state index in [0.717, 1.165) is 0 Å². The zero-order chi connectivity index (χ0) is 18.0. The van der Waals surface area contributed by atoms with Crippen molar-refractivity contribution in [3.05, 3.63) is 58.6 Å². The van der Waals surface area contributed by atoms with Gasteiger partial charge in [0.05, 0.1) is 11.4 Å². The number of aliphatic imine (C=N–C) groups is 1. The number of halogens is 2. The quantitative estimate of drug-likeness (QED) is 0.492. The molecule has 0 bridgehead atoms. The molecule has 25 heavy (non-hydrogen) atoms. The molecule has 126 valence electrons. The number of rotatable bonds is 3. The second-order valence-electron chi connectivity index (χ2n) is 5.18. The number of hydrogen-bond acceptors (Lipinski definition) is 4. The van der Waals surface area contributed by atoms with Gasteiger partial charge in [0.1, 0.15) is 0 Å². The van der Waals surface area contributed by atoms with Crippen LogP contribution in [0.3, 0.4) is 0 Å². The fourth-order valence-electron chi connectivity index (χ4n) is 2.24. The van der Waals surface area contributed by atoms with Crippen LogP contribution < -0.4 is 10.2 Å². The molecule has 2 aromatic rings. The van der Waals surface area contributed by atoms with Crippen molar-refractivity contribution in [2.45, 2.75) is 0 Å². The van der Waals surface area contributed by atoms with E-state index in [1.54, 1.807) is 48.5 Å². The smallest absolute Gasteiger partial charge is 0.251 e. The van der Waals surface area contributed by atoms with Gasteiger partial charge >= 0.3 is 0 Å². The number of amides is 2. The minimum Gasteiger partial charge on any atom is -0.301 e. The third-order valence-electron chi connectivity index (χ3n) is 3.49. The van der Waals surface area contributed by atoms with Gasteiger partial charge in [-0.25, -0.2) is 0 Å². The Kier molecular flexibility index (Phi) is 5.13. The Balaban J connectivity index is 1.87. The Morgan fingerprint density at radius 1 is 1.00 bits per heavy atom. The number of hydrogen-bond donors (Lipinski definition) is 1. The highest BCUT2D eigenvalue weighted by Gasteiger charge is 2.38. The van der Waals surface area contributed by atoms with Crippen molar-refractivity contribution in [3.8, 4) is 0 Å². The van der Waals surface area contributed by atoms with Crippen molar-refractivity contribution in [3.63, 3.8) is 0 Å². The molecule has 1 N–H and O–H groups in total. The van der Waals surface area contributed by atoms with Gasteiger partial charge in [-0.05, 0) is 60.7 Å². The summed E-state index contributed by atoms with van der Waals surface area (Å²) in [5.74, 6) is -2.08. The number of benzene rings is 2. The highest BCUT2D eigenvalue weighted by Crippen LogP contribution is 2.23. The van der Waals surface area contributed by atoms with Crippen LogP contribution in [0.25, 0.3) is 0 Å². The molecule has 0 spiro atoms. The van der Waals surface area contributed by atoms with Crippen molar-refractivity contribution in [2.24, 2.45) is 10.9 Å². The fraction of sp³-hybridized carbons (Fsp3) is 0.0588. The predicted molar refractivity (Wildman–Crippen MR) is 103 cm³/mol. The van der Waals surface area contributed by atoms with Crippen LogP contribution in [0.15, 0.2) is 53.5 Å². The summed E-state index contributed by atoms with van der Waals surface area (Å²) >= 11 is 16.8. The van der Waals surface area contributed by atoms with E-state index in [1.165, 1.54) is 11.1 Å². The molecule has 2 aromatic carbocycles. The molecule has 1 atom stereocenters. The van der Waals surface area contributed by atoms with E-state index in [9.17, 15) is 9.59 Å². The van der Waals surface area contributed by atoms with E-state index in [4.69, 9.17) is 35.4 Å². The molecule has 0 saturated carbocycles. The van der Waals surface area contributed by atoms with E-state index in [1.807, 2.05) is 0 Å². The Labute approximate surface area is 159 Å². The van der Waals surface area contributed by atoms with Gasteiger partial charge in [-0.2, -0.15) is 0 Å². The third-order valence-corrected chi connectivity index (χ3v) is 4.27. The number of anilines is 1. The molecule has 5 nitrogen and oxygen atoms in total. The molecule has 1 saturated heterocycles. The minimum absolute atomic E-state index is 0.0217. The lowest BCUT2D eigenvalue weighted by Crippen LogP contribution is -2.58. The van der Waals surface area contributed by atoms with Crippen LogP contribution in [-0.4, -0.2) is 23.1 Å². The lowest BCUT2D eigenvalue weighted by Gasteiger charge is -2.30. The highest BCUT2D eigenvalue weighted by molar-refractivity contribution is 7.80. The second-order valence-corrected chi connectivity index (χ2v) is 6.44. The summed E-state index contributed by atoms with van der Waals surface area (Å²) in [5, 5.41) is 3.65. The van der Waals surface area contributed by atoms with Crippen LogP contribution in [-0.2, 0) is 9.59 Å². The summed E-state index contributed by atoms with van der Waals surface area (Å²) in [6, 6.07) is 13.3. The van der Waals surface area contributed by atoms with Gasteiger partial charge in [0.25, 0.3) is 5.91 Å². The van der Waals surface area contributed by atoms with Crippen LogP contribution >= 0.6 is 35.4 Å². The Bertz CT molecular complexity index is 866. The van der Waals surface area contributed by atoms with Gasteiger partial charge in [0.2, 0.25) is 5.91 Å². The van der Waals surface area contributed by atoms with Crippen molar-refractivity contribution < 1.29 is 9.59 Å². The first-order chi connectivity index (χ1) is 12.0. The van der Waals surface area contributed by atoms with Crippen molar-refractivity contribution in [1.82, 2.24) is 5.32 Å². The number of carbonyl (C=O) groups excluding carboxylic acids is 2. The van der Waals surface area contributed by atoms with Crippen molar-refractivity contribution >= 4 is 69.9 Å². The molecule has 0 unspecified atom stereocenters. The number of carbonyl (C=O) groups is 2. The average molecular weight is 392 g/mol. The Morgan fingerprint density at radius 2 is 1.56 bits per heavy atom. The molecule has 2 amide bonds. The standard InChI is InChI=1S/C17H11Cl2N3O2S/c18-10-1-5-12(6-2-10)20-9-14-15(23)21-17(25)22(16(14)24)13-7-3-11(19)4-8-13/h1-9,14H,(H,21,23,25)/t14-/m1/s1. The third kappa shape index (κ3) is 3.87. The Morgan fingerprint density at radius 3 is 2.16 bits per heavy atom. The first-order valence-electron chi connectivity index (χ1n) is 7.20. The van der Waals surface area contributed by atoms with Crippen molar-refractivity contribution in [2.75, 3.05) is 4.90 Å². The molecular formula is C17H11Cl2N3O2S. The van der Waals surface area contributed by atoms with Gasteiger partial charge in [-0.3, -0.25) is 19.5 Å². The molecule has 1 aliphatic rings. The normalized spacial score (nSPS) is 17.9. The molecule has 0 radical (unpaired) electrons. The number of nitrogens with one attached hydrogen (secondary N) is 1. The summed E-state index contributed by atoms with van der Waals surface area (Å²) in [7, 11) is 0. The maximum atomic E-state index is 12.7. The highest BCUT2D eigenvalue weighted by atomic mass is 35.5. The van der Waals surface area contributed by atoms with Crippen LogP contribution in [0.2, 0.25) is 10.0 Å². The van der Waals surface area contributed by atoms with Gasteiger partial charge in [0.15, 0.2) is 11.0 Å². The monoisotopic (exact) mass is 391 g/mol. The molecule has 8 heteroatoms. The van der Waals surface area contributed by atoms with E-state index in [-0.39, 0.29) is 5.11 Å². The van der Waals surface area contributed by atoms with Crippen LogP contribution in [0.4, 0.5) is 11.4 Å². The molecule has 1 heterocycles. The topological polar surface area (TPSA) is 61.8 Å². The predicted octanol–water partition coefficient (Wildman–Crippen LogP) is 3.76. The summed E-state index contributed by atoms with van der Waals surface area (Å²) in [5.41, 5.74) is 1.10. The van der Waals surface area contributed by atoms with Gasteiger partial charge in [0, 0.05) is 16.3 Å². The summed E-state index contributed by atoms with van der Waals surface area (Å²) in [6.07, 6.45) is 1.30. The van der Waals surface area contributed by atoms with E-state index < -0.39 is 17.7 Å². The van der Waals surface area contributed by atoms with Gasteiger partial charge in [-0.15, -0.1) is 0 Å². The first-order valence-corrected chi connectivity index (χ1v) is 8.36. The maximum Gasteiger partial charge on any atom is 0.251 e. The molecule has 1 fully saturated rings. The van der Waals surface area contributed by atoms with Crippen LogP contribution in [0.1, 0.15) is 0 Å². The summed E-state index contributed by atoms with van der Waals surface area (Å²) in [6.45, 7) is 0. The minimum atomic E-state index is -1.09. The fourth-order valence-corrected chi connectivity index (χ4v) is 2.79.